The van der Waals surface area contributed by atoms with Crippen molar-refractivity contribution in [1.82, 2.24) is 0 Å². The van der Waals surface area contributed by atoms with Gasteiger partial charge in [0, 0.05) is 0 Å². The van der Waals surface area contributed by atoms with Crippen LogP contribution >= 0.6 is 0 Å². The fraction of sp³-hybridized carbons (Fsp3) is 0.667. The van der Waals surface area contributed by atoms with Crippen molar-refractivity contribution in [3.8, 4) is 11.5 Å². The second kappa shape index (κ2) is 11.1. The minimum absolute atomic E-state index is 0.358. The molecule has 0 heterocycles. The lowest BCUT2D eigenvalue weighted by atomic mass is 9.61. The molecule has 0 saturated heterocycles. The lowest BCUT2D eigenvalue weighted by molar-refractivity contribution is -0.140. The van der Waals surface area contributed by atoms with Crippen LogP contribution < -0.4 is 9.47 Å². The van der Waals surface area contributed by atoms with Gasteiger partial charge in [0.25, 0.3) is 0 Å². The minimum atomic E-state index is -3.28. The number of esters is 1. The Morgan fingerprint density at radius 3 is 2.09 bits per heavy atom. The number of rotatable bonds is 6. The summed E-state index contributed by atoms with van der Waals surface area (Å²) in [6, 6.07) is 1.79. The van der Waals surface area contributed by atoms with Gasteiger partial charge in [-0.15, -0.1) is 0 Å². The number of hydrogen-bond acceptors (Lipinski definition) is 3. The first-order chi connectivity index (χ1) is 16.4. The van der Waals surface area contributed by atoms with Crippen LogP contribution in [-0.4, -0.2) is 12.6 Å². The van der Waals surface area contributed by atoms with Crippen LogP contribution in [0.2, 0.25) is 0 Å². The Kier molecular flexibility index (Phi) is 8.20. The first kappa shape index (κ1) is 25.1. The predicted molar refractivity (Wildman–Crippen MR) is 121 cm³/mol. The maximum absolute atomic E-state index is 14.2. The van der Waals surface area contributed by atoms with Gasteiger partial charge in [-0.1, -0.05) is 12.2 Å². The molecule has 0 N–H and O–H groups in total. The van der Waals surface area contributed by atoms with E-state index < -0.39 is 35.7 Å². The van der Waals surface area contributed by atoms with Gasteiger partial charge in [0.2, 0.25) is 11.6 Å². The minimum Gasteiger partial charge on any atom is -0.432 e. The van der Waals surface area contributed by atoms with E-state index >= 15 is 0 Å². The van der Waals surface area contributed by atoms with Gasteiger partial charge in [-0.05, 0) is 113 Å². The van der Waals surface area contributed by atoms with Gasteiger partial charge in [0.15, 0.2) is 11.5 Å². The summed E-state index contributed by atoms with van der Waals surface area (Å²) in [5.41, 5.74) is 0. The van der Waals surface area contributed by atoms with Crippen molar-refractivity contribution in [3.63, 3.8) is 0 Å². The normalized spacial score (nSPS) is 31.9. The molecule has 4 rings (SSSR count). The molecule has 0 bridgehead atoms. The van der Waals surface area contributed by atoms with Crippen molar-refractivity contribution in [2.24, 2.45) is 35.5 Å². The smallest absolute Gasteiger partial charge is 0.387 e. The van der Waals surface area contributed by atoms with Gasteiger partial charge < -0.3 is 9.47 Å². The van der Waals surface area contributed by atoms with Crippen LogP contribution in [0.5, 0.6) is 11.5 Å². The van der Waals surface area contributed by atoms with E-state index in [2.05, 4.69) is 23.8 Å². The van der Waals surface area contributed by atoms with E-state index in [0.717, 1.165) is 42.7 Å². The van der Waals surface area contributed by atoms with Crippen molar-refractivity contribution in [3.05, 3.63) is 35.9 Å². The van der Waals surface area contributed by atoms with Crippen molar-refractivity contribution in [2.75, 3.05) is 0 Å². The third-order valence-corrected chi connectivity index (χ3v) is 8.37. The van der Waals surface area contributed by atoms with Gasteiger partial charge in [0.1, 0.15) is 0 Å². The van der Waals surface area contributed by atoms with E-state index in [1.54, 1.807) is 0 Å². The summed E-state index contributed by atoms with van der Waals surface area (Å²) in [4.78, 5) is 12.6. The molecule has 3 aliphatic carbocycles. The van der Waals surface area contributed by atoms with Gasteiger partial charge in [0.05, 0.1) is 5.92 Å². The molecule has 1 aromatic rings. The summed E-state index contributed by atoms with van der Waals surface area (Å²) in [7, 11) is 0. The molecule has 34 heavy (non-hydrogen) atoms. The summed E-state index contributed by atoms with van der Waals surface area (Å²) in [6.45, 7) is -1.17. The first-order valence-corrected chi connectivity index (χ1v) is 12.6. The molecular weight excluding hydrogens is 448 g/mol. The largest absolute Gasteiger partial charge is 0.432 e. The number of alkyl halides is 2. The molecule has 3 nitrogen and oxygen atoms in total. The third kappa shape index (κ3) is 5.77. The monoisotopic (exact) mass is 482 g/mol. The van der Waals surface area contributed by atoms with Crippen LogP contribution in [0.15, 0.2) is 24.3 Å². The fourth-order valence-corrected chi connectivity index (χ4v) is 6.63. The molecule has 0 aliphatic heterocycles. The zero-order valence-electron chi connectivity index (χ0n) is 19.7. The maximum atomic E-state index is 14.2. The first-order valence-electron chi connectivity index (χ1n) is 12.6. The molecule has 3 fully saturated rings. The summed E-state index contributed by atoms with van der Waals surface area (Å²) in [5.74, 6) is -1.81. The van der Waals surface area contributed by atoms with E-state index in [-0.39, 0.29) is 5.92 Å². The van der Waals surface area contributed by atoms with Gasteiger partial charge in [-0.25, -0.2) is 0 Å². The Labute approximate surface area is 198 Å². The number of allylic oxidation sites excluding steroid dienone is 2. The van der Waals surface area contributed by atoms with E-state index in [9.17, 15) is 22.4 Å². The van der Waals surface area contributed by atoms with E-state index in [1.165, 1.54) is 38.5 Å². The molecule has 7 heteroatoms. The highest BCUT2D eigenvalue weighted by Gasteiger charge is 2.39. The third-order valence-electron chi connectivity index (χ3n) is 8.37. The average molecular weight is 483 g/mol. The topological polar surface area (TPSA) is 35.5 Å². The highest BCUT2D eigenvalue weighted by Crippen LogP contribution is 2.49. The number of carbonyl (C=O) groups excluding carboxylic acids is 1. The lowest BCUT2D eigenvalue weighted by Gasteiger charge is -2.45. The van der Waals surface area contributed by atoms with Crippen LogP contribution in [0.4, 0.5) is 17.6 Å². The van der Waals surface area contributed by atoms with Crippen LogP contribution in [0.25, 0.3) is 0 Å². The number of fused-ring (bicyclic) bond motifs is 1. The molecule has 188 valence electrons. The second-order valence-corrected chi connectivity index (χ2v) is 10.3. The summed E-state index contributed by atoms with van der Waals surface area (Å²) in [5, 5.41) is 0. The Morgan fingerprint density at radius 2 is 1.41 bits per heavy atom. The highest BCUT2D eigenvalue weighted by molar-refractivity contribution is 5.75. The molecule has 1 aromatic carbocycles. The fourth-order valence-electron chi connectivity index (χ4n) is 6.63. The molecule has 3 saturated carbocycles. The second-order valence-electron chi connectivity index (χ2n) is 10.3. The number of hydrogen-bond donors (Lipinski definition) is 0. The summed E-state index contributed by atoms with van der Waals surface area (Å²) < 4.78 is 61.7. The van der Waals surface area contributed by atoms with Crippen molar-refractivity contribution in [2.45, 2.75) is 77.7 Å². The Bertz CT molecular complexity index is 879. The van der Waals surface area contributed by atoms with Crippen LogP contribution in [0, 0.1) is 47.1 Å². The molecule has 3 aliphatic rings. The number of halogens is 4. The molecular formula is C27H34F4O3. The number of carbonyl (C=O) groups is 1. The maximum Gasteiger partial charge on any atom is 0.387 e. The SMILES string of the molecule is C/C=C/C1CCC2CC(C3CCC(C(=O)Oc4ccc(OC(F)F)c(F)c4F)CC3)CCC2C1. The van der Waals surface area contributed by atoms with Crippen LogP contribution in [-0.2, 0) is 4.79 Å². The van der Waals surface area contributed by atoms with Gasteiger partial charge >= 0.3 is 12.6 Å². The van der Waals surface area contributed by atoms with E-state index in [4.69, 9.17) is 4.74 Å². The van der Waals surface area contributed by atoms with Crippen molar-refractivity contribution < 1.29 is 31.8 Å². The zero-order chi connectivity index (χ0) is 24.2. The predicted octanol–water partition coefficient (Wildman–Crippen LogP) is 7.69. The Balaban J connectivity index is 1.27. The molecule has 0 spiro atoms. The van der Waals surface area contributed by atoms with E-state index in [0.29, 0.717) is 24.7 Å². The molecule has 0 radical (unpaired) electrons. The zero-order valence-corrected chi connectivity index (χ0v) is 19.7. The van der Waals surface area contributed by atoms with Crippen molar-refractivity contribution >= 4 is 5.97 Å². The van der Waals surface area contributed by atoms with Gasteiger partial charge in [-0.3, -0.25) is 4.79 Å². The molecule has 0 aromatic heterocycles. The summed E-state index contributed by atoms with van der Waals surface area (Å²) in [6.07, 6.45) is 15.6. The lowest BCUT2D eigenvalue weighted by Crippen LogP contribution is -2.35. The highest BCUT2D eigenvalue weighted by atomic mass is 19.3. The standard InChI is InChI=1S/C27H34F4O3/c1-2-3-16-4-5-21-15-20(11-10-19(21)14-16)17-6-8-18(9-7-17)26(32)33-22-12-13-23(34-27(30)31)25(29)24(22)28/h2-3,12-13,16-21,27H,4-11,14-15H2,1H3/b3-2+. The van der Waals surface area contributed by atoms with Crippen molar-refractivity contribution in [1.29, 1.82) is 0 Å². The quantitative estimate of drug-likeness (QED) is 0.180. The number of benzene rings is 1. The van der Waals surface area contributed by atoms with E-state index in [1.807, 2.05) is 0 Å². The van der Waals surface area contributed by atoms with Crippen LogP contribution in [0.3, 0.4) is 0 Å². The molecule has 4 atom stereocenters. The Hall–Kier alpha value is -2.05. The van der Waals surface area contributed by atoms with Gasteiger partial charge in [-0.2, -0.15) is 17.6 Å². The molecule has 4 unspecified atom stereocenters. The number of ether oxygens (including phenoxy) is 2. The van der Waals surface area contributed by atoms with Crippen LogP contribution in [0.1, 0.15) is 71.1 Å². The summed E-state index contributed by atoms with van der Waals surface area (Å²) >= 11 is 0. The molecule has 0 amide bonds. The average Bonchev–Trinajstić information content (AvgIpc) is 2.83. The Morgan fingerprint density at radius 1 is 0.853 bits per heavy atom.